The summed E-state index contributed by atoms with van der Waals surface area (Å²) in [6.07, 6.45) is -3.66. The van der Waals surface area contributed by atoms with Crippen molar-refractivity contribution in [1.29, 1.82) is 0 Å². The molecule has 1 N–H and O–H groups in total. The maximum atomic E-state index is 11.5. The topological polar surface area (TPSA) is 29.5 Å². The van der Waals surface area contributed by atoms with Crippen LogP contribution in [0.5, 0.6) is 0 Å². The first-order valence-electron chi connectivity index (χ1n) is 3.39. The molecular formula is C6H11F3O2S. The summed E-state index contributed by atoms with van der Waals surface area (Å²) in [6.45, 7) is -1.13. The van der Waals surface area contributed by atoms with Gasteiger partial charge >= 0.3 is 6.18 Å². The molecule has 2 nitrogen and oxygen atoms in total. The molecule has 0 bridgehead atoms. The van der Waals surface area contributed by atoms with Crippen LogP contribution in [0, 0.1) is 0 Å². The van der Waals surface area contributed by atoms with Crippen molar-refractivity contribution in [2.45, 2.75) is 12.6 Å². The minimum Gasteiger partial charge on any atom is -0.396 e. The van der Waals surface area contributed by atoms with Gasteiger partial charge in [-0.2, -0.15) is 13.2 Å². The summed E-state index contributed by atoms with van der Waals surface area (Å²) in [5, 5.41) is 8.32. The molecule has 74 valence electrons. The third-order valence-electron chi connectivity index (χ3n) is 0.879. The van der Waals surface area contributed by atoms with Gasteiger partial charge in [-0.25, -0.2) is 0 Å². The van der Waals surface area contributed by atoms with Crippen LogP contribution < -0.4 is 0 Å². The Morgan fingerprint density at radius 1 is 1.33 bits per heavy atom. The molecule has 0 radical (unpaired) electrons. The largest absolute Gasteiger partial charge is 0.411 e. The predicted octanol–water partition coefficient (Wildman–Crippen LogP) is 1.64. The lowest BCUT2D eigenvalue weighted by molar-refractivity contribution is -0.168. The fourth-order valence-corrected chi connectivity index (χ4v) is 1.09. The van der Waals surface area contributed by atoms with Crippen molar-refractivity contribution >= 4 is 11.8 Å². The molecule has 0 aliphatic rings. The van der Waals surface area contributed by atoms with Crippen molar-refractivity contribution in [2.24, 2.45) is 0 Å². The molecule has 0 spiro atoms. The molecule has 0 atom stereocenters. The summed E-state index contributed by atoms with van der Waals surface area (Å²) in [4.78, 5) is 0. The van der Waals surface area contributed by atoms with Crippen molar-refractivity contribution in [2.75, 3.05) is 24.9 Å². The van der Waals surface area contributed by atoms with Crippen molar-refractivity contribution in [3.63, 3.8) is 0 Å². The summed E-state index contributed by atoms with van der Waals surface area (Å²) in [6, 6.07) is 0. The molecule has 0 aromatic heterocycles. The molecule has 0 aliphatic heterocycles. The van der Waals surface area contributed by atoms with Crippen molar-refractivity contribution in [3.05, 3.63) is 0 Å². The molecule has 0 rings (SSSR count). The molecule has 12 heavy (non-hydrogen) atoms. The first kappa shape index (κ1) is 12.1. The molecule has 0 saturated heterocycles. The second-order valence-electron chi connectivity index (χ2n) is 2.07. The zero-order chi connectivity index (χ0) is 9.45. The number of rotatable bonds is 6. The van der Waals surface area contributed by atoms with E-state index in [0.29, 0.717) is 12.2 Å². The van der Waals surface area contributed by atoms with Gasteiger partial charge in [0.15, 0.2) is 0 Å². The van der Waals surface area contributed by atoms with E-state index in [1.165, 1.54) is 11.8 Å². The number of alkyl halides is 3. The number of halogens is 3. The third kappa shape index (κ3) is 10.1. The highest BCUT2D eigenvalue weighted by atomic mass is 32.2. The van der Waals surface area contributed by atoms with Gasteiger partial charge in [0.05, 0.1) is 5.94 Å². The highest BCUT2D eigenvalue weighted by Crippen LogP contribution is 2.15. The zero-order valence-electron chi connectivity index (χ0n) is 6.43. The molecular weight excluding hydrogens is 193 g/mol. The zero-order valence-corrected chi connectivity index (χ0v) is 7.25. The second-order valence-corrected chi connectivity index (χ2v) is 3.12. The third-order valence-corrected chi connectivity index (χ3v) is 1.79. The quantitative estimate of drug-likeness (QED) is 0.527. The van der Waals surface area contributed by atoms with E-state index < -0.39 is 12.8 Å². The van der Waals surface area contributed by atoms with Crippen molar-refractivity contribution in [3.8, 4) is 0 Å². The van der Waals surface area contributed by atoms with E-state index in [1.54, 1.807) is 0 Å². The molecule has 0 aromatic carbocycles. The number of hydrogen-bond donors (Lipinski definition) is 1. The lowest BCUT2D eigenvalue weighted by Crippen LogP contribution is -2.16. The lowest BCUT2D eigenvalue weighted by Gasteiger charge is -2.06. The molecule has 0 aromatic rings. The van der Waals surface area contributed by atoms with Gasteiger partial charge in [-0.05, 0) is 12.2 Å². The maximum absolute atomic E-state index is 11.5. The maximum Gasteiger partial charge on any atom is 0.411 e. The van der Waals surface area contributed by atoms with Crippen LogP contribution in [0.2, 0.25) is 0 Å². The summed E-state index contributed by atoms with van der Waals surface area (Å²) >= 11 is 1.24. The normalized spacial score (nSPS) is 12.0. The van der Waals surface area contributed by atoms with E-state index in [2.05, 4.69) is 4.74 Å². The van der Waals surface area contributed by atoms with Crippen LogP contribution in [0.15, 0.2) is 0 Å². The van der Waals surface area contributed by atoms with Gasteiger partial charge in [-0.15, -0.1) is 11.8 Å². The lowest BCUT2D eigenvalue weighted by atomic mass is 10.5. The standard InChI is InChI=1S/C6H11F3O2S/c7-6(8,9)4-11-5-12-3-1-2-10/h10H,1-5H2. The van der Waals surface area contributed by atoms with E-state index in [-0.39, 0.29) is 12.5 Å². The fraction of sp³-hybridized carbons (Fsp3) is 1.00. The van der Waals surface area contributed by atoms with Gasteiger partial charge in [0.2, 0.25) is 0 Å². The summed E-state index contributed by atoms with van der Waals surface area (Å²) < 4.78 is 38.7. The van der Waals surface area contributed by atoms with Crippen LogP contribution in [0.1, 0.15) is 6.42 Å². The average molecular weight is 204 g/mol. The molecule has 0 heterocycles. The van der Waals surface area contributed by atoms with E-state index in [0.717, 1.165) is 0 Å². The monoisotopic (exact) mass is 204 g/mol. The van der Waals surface area contributed by atoms with Crippen LogP contribution in [0.4, 0.5) is 13.2 Å². The van der Waals surface area contributed by atoms with Crippen molar-refractivity contribution < 1.29 is 23.0 Å². The minimum absolute atomic E-state index is 0.0273. The van der Waals surface area contributed by atoms with Crippen molar-refractivity contribution in [1.82, 2.24) is 0 Å². The molecule has 0 saturated carbocycles. The first-order valence-corrected chi connectivity index (χ1v) is 4.55. The van der Waals surface area contributed by atoms with Gasteiger partial charge < -0.3 is 9.84 Å². The highest BCUT2D eigenvalue weighted by Gasteiger charge is 2.27. The van der Waals surface area contributed by atoms with Crippen LogP contribution in [-0.4, -0.2) is 36.2 Å². The molecule has 6 heteroatoms. The van der Waals surface area contributed by atoms with Gasteiger partial charge in [0.25, 0.3) is 0 Å². The smallest absolute Gasteiger partial charge is 0.396 e. The molecule has 0 fully saturated rings. The number of thioether (sulfide) groups is 1. The number of aliphatic hydroxyl groups excluding tert-OH is 1. The van der Waals surface area contributed by atoms with Crippen LogP contribution in [0.3, 0.4) is 0 Å². The summed E-state index contributed by atoms with van der Waals surface area (Å²) in [7, 11) is 0. The number of hydrogen-bond acceptors (Lipinski definition) is 3. The summed E-state index contributed by atoms with van der Waals surface area (Å²) in [5.41, 5.74) is 0. The molecule has 0 aliphatic carbocycles. The van der Waals surface area contributed by atoms with Gasteiger partial charge in [0, 0.05) is 6.61 Å². The predicted molar refractivity (Wildman–Crippen MR) is 41.0 cm³/mol. The minimum atomic E-state index is -4.24. The molecule has 0 unspecified atom stereocenters. The van der Waals surface area contributed by atoms with Crippen LogP contribution in [0.25, 0.3) is 0 Å². The number of ether oxygens (including phenoxy) is 1. The summed E-state index contributed by atoms with van der Waals surface area (Å²) in [5.74, 6) is 0.647. The van der Waals surface area contributed by atoms with E-state index >= 15 is 0 Å². The Hall–Kier alpha value is 0.0600. The van der Waals surface area contributed by atoms with Gasteiger partial charge in [-0.3, -0.25) is 0 Å². The Morgan fingerprint density at radius 2 is 2.00 bits per heavy atom. The number of aliphatic hydroxyl groups is 1. The Balaban J connectivity index is 3.01. The van der Waals surface area contributed by atoms with Gasteiger partial charge in [-0.1, -0.05) is 0 Å². The first-order chi connectivity index (χ1) is 5.56. The average Bonchev–Trinajstić information content (AvgIpc) is 1.94. The van der Waals surface area contributed by atoms with E-state index in [1.807, 2.05) is 0 Å². The fourth-order valence-electron chi connectivity index (χ4n) is 0.442. The Bertz CT molecular complexity index is 107. The van der Waals surface area contributed by atoms with Crippen LogP contribution >= 0.6 is 11.8 Å². The Kier molecular flexibility index (Phi) is 6.60. The SMILES string of the molecule is OCCCSCOCC(F)(F)F. The van der Waals surface area contributed by atoms with E-state index in [4.69, 9.17) is 5.11 Å². The van der Waals surface area contributed by atoms with E-state index in [9.17, 15) is 13.2 Å². The Labute approximate surface area is 73.1 Å². The van der Waals surface area contributed by atoms with Crippen LogP contribution in [-0.2, 0) is 4.74 Å². The highest BCUT2D eigenvalue weighted by molar-refractivity contribution is 7.99. The Morgan fingerprint density at radius 3 is 2.50 bits per heavy atom. The second kappa shape index (κ2) is 6.56. The van der Waals surface area contributed by atoms with Gasteiger partial charge in [0.1, 0.15) is 6.61 Å². The molecule has 0 amide bonds.